The van der Waals surface area contributed by atoms with E-state index >= 15 is 0 Å². The molecule has 10 heteroatoms. The van der Waals surface area contributed by atoms with Crippen molar-refractivity contribution >= 4 is 35.5 Å². The van der Waals surface area contributed by atoms with Gasteiger partial charge < -0.3 is 23.9 Å². The molecule has 0 atom stereocenters. The maximum Gasteiger partial charge on any atom is 0.339 e. The minimum Gasteiger partial charge on any atom is -0.459 e. The first-order valence-electron chi connectivity index (χ1n) is 11.3. The highest BCUT2D eigenvalue weighted by atomic mass is 32.2. The lowest BCUT2D eigenvalue weighted by molar-refractivity contribution is -0.136. The van der Waals surface area contributed by atoms with E-state index in [1.165, 1.54) is 18.0 Å². The second-order valence-electron chi connectivity index (χ2n) is 8.10. The first-order chi connectivity index (χ1) is 16.5. The zero-order valence-corrected chi connectivity index (χ0v) is 19.6. The normalized spacial score (nSPS) is 15.9. The van der Waals surface area contributed by atoms with Gasteiger partial charge in [0.1, 0.15) is 0 Å². The second-order valence-corrected chi connectivity index (χ2v) is 9.12. The van der Waals surface area contributed by atoms with Crippen LogP contribution in [-0.2, 0) is 14.3 Å². The molecule has 0 aliphatic carbocycles. The van der Waals surface area contributed by atoms with E-state index in [1.807, 2.05) is 4.90 Å². The summed E-state index contributed by atoms with van der Waals surface area (Å²) in [6.07, 6.45) is 3.51. The number of nitrogens with zero attached hydrogens (tertiary/aromatic N) is 3. The van der Waals surface area contributed by atoms with Crippen molar-refractivity contribution in [2.45, 2.75) is 17.7 Å². The fraction of sp³-hybridized carbons (Fsp3) is 0.417. The predicted molar refractivity (Wildman–Crippen MR) is 124 cm³/mol. The molecule has 3 amide bonds. The Bertz CT molecular complexity index is 1030. The highest BCUT2D eigenvalue weighted by Gasteiger charge is 2.27. The lowest BCUT2D eigenvalue weighted by Crippen LogP contribution is -2.51. The lowest BCUT2D eigenvalue weighted by atomic mass is 10.2. The molecule has 2 aromatic rings. The fourth-order valence-corrected chi connectivity index (χ4v) is 4.91. The minimum absolute atomic E-state index is 0.0607. The van der Waals surface area contributed by atoms with Crippen LogP contribution >= 0.6 is 11.8 Å². The number of carbonyl (C=O) groups excluding carboxylic acids is 4. The van der Waals surface area contributed by atoms with Crippen LogP contribution in [0.3, 0.4) is 0 Å². The second kappa shape index (κ2) is 11.2. The average Bonchev–Trinajstić information content (AvgIpc) is 3.60. The summed E-state index contributed by atoms with van der Waals surface area (Å²) in [5, 5.41) is 0. The van der Waals surface area contributed by atoms with E-state index in [-0.39, 0.29) is 35.8 Å². The molecule has 2 aliphatic rings. The van der Waals surface area contributed by atoms with Crippen molar-refractivity contribution in [3.63, 3.8) is 0 Å². The van der Waals surface area contributed by atoms with Gasteiger partial charge in [-0.25, -0.2) is 4.79 Å². The van der Waals surface area contributed by atoms with Crippen LogP contribution in [0.5, 0.6) is 0 Å². The van der Waals surface area contributed by atoms with Crippen LogP contribution in [0.4, 0.5) is 0 Å². The van der Waals surface area contributed by atoms with Gasteiger partial charge in [-0.1, -0.05) is 12.1 Å². The third-order valence-corrected chi connectivity index (χ3v) is 6.95. The molecule has 180 valence electrons. The van der Waals surface area contributed by atoms with Gasteiger partial charge in [-0.05, 0) is 37.1 Å². The number of ether oxygens (including phenoxy) is 1. The first-order valence-corrected chi connectivity index (χ1v) is 12.3. The minimum atomic E-state index is -0.600. The summed E-state index contributed by atoms with van der Waals surface area (Å²) in [6, 6.07) is 10.2. The van der Waals surface area contributed by atoms with Crippen molar-refractivity contribution in [1.82, 2.24) is 14.7 Å². The number of piperazine rings is 1. The van der Waals surface area contributed by atoms with Gasteiger partial charge in [0, 0.05) is 44.2 Å². The predicted octanol–water partition coefficient (Wildman–Crippen LogP) is 2.14. The van der Waals surface area contributed by atoms with Crippen LogP contribution in [0.1, 0.15) is 33.8 Å². The van der Waals surface area contributed by atoms with Gasteiger partial charge in [-0.3, -0.25) is 14.4 Å². The number of rotatable bonds is 7. The standard InChI is InChI=1S/C24H27N3O6S/c28-21(26-11-13-27(14-12-26)23(30)19-7-5-15-32-19)16-33-24(31)18-6-1-2-8-20(18)34-17-22(29)25-9-3-4-10-25/h1-2,5-8,15H,3-4,9-14,16-17H2. The Labute approximate surface area is 202 Å². The zero-order valence-electron chi connectivity index (χ0n) is 18.8. The van der Waals surface area contributed by atoms with Crippen molar-refractivity contribution in [2.24, 2.45) is 0 Å². The highest BCUT2D eigenvalue weighted by Crippen LogP contribution is 2.24. The molecule has 1 aromatic heterocycles. The SMILES string of the molecule is O=C(OCC(=O)N1CCN(C(=O)c2ccco2)CC1)c1ccccc1SCC(=O)N1CCCC1. The van der Waals surface area contributed by atoms with E-state index in [0.717, 1.165) is 25.9 Å². The summed E-state index contributed by atoms with van der Waals surface area (Å²) >= 11 is 1.30. The zero-order chi connectivity index (χ0) is 23.9. The van der Waals surface area contributed by atoms with E-state index in [2.05, 4.69) is 0 Å². The number of amides is 3. The smallest absolute Gasteiger partial charge is 0.339 e. The van der Waals surface area contributed by atoms with Crippen molar-refractivity contribution < 1.29 is 28.3 Å². The van der Waals surface area contributed by atoms with Crippen LogP contribution in [-0.4, -0.2) is 90.0 Å². The largest absolute Gasteiger partial charge is 0.459 e. The van der Waals surface area contributed by atoms with Crippen LogP contribution in [0.2, 0.25) is 0 Å². The molecular weight excluding hydrogens is 458 g/mol. The molecule has 1 aromatic carbocycles. The molecule has 9 nitrogen and oxygen atoms in total. The van der Waals surface area contributed by atoms with E-state index in [9.17, 15) is 19.2 Å². The van der Waals surface area contributed by atoms with Crippen molar-refractivity contribution in [3.8, 4) is 0 Å². The number of hydrogen-bond acceptors (Lipinski definition) is 7. The Hall–Kier alpha value is -3.27. The molecule has 0 bridgehead atoms. The number of benzene rings is 1. The van der Waals surface area contributed by atoms with Crippen molar-refractivity contribution in [3.05, 3.63) is 54.0 Å². The van der Waals surface area contributed by atoms with Gasteiger partial charge in [0.15, 0.2) is 12.4 Å². The third kappa shape index (κ3) is 5.80. The molecule has 0 radical (unpaired) electrons. The quantitative estimate of drug-likeness (QED) is 0.438. The van der Waals surface area contributed by atoms with Crippen molar-refractivity contribution in [1.29, 1.82) is 0 Å². The summed E-state index contributed by atoms with van der Waals surface area (Å²) in [6.45, 7) is 2.67. The molecule has 0 N–H and O–H groups in total. The van der Waals surface area contributed by atoms with Crippen LogP contribution < -0.4 is 0 Å². The van der Waals surface area contributed by atoms with Gasteiger partial charge >= 0.3 is 5.97 Å². The topological polar surface area (TPSA) is 100 Å². The third-order valence-electron chi connectivity index (χ3n) is 5.90. The maximum absolute atomic E-state index is 12.7. The summed E-state index contributed by atoms with van der Waals surface area (Å²) in [5.74, 6) is -0.534. The summed E-state index contributed by atoms with van der Waals surface area (Å²) < 4.78 is 10.4. The number of esters is 1. The van der Waals surface area contributed by atoms with Crippen molar-refractivity contribution in [2.75, 3.05) is 51.6 Å². The van der Waals surface area contributed by atoms with Crippen LogP contribution in [0.15, 0.2) is 52.0 Å². The number of thioether (sulfide) groups is 1. The molecule has 2 fully saturated rings. The first kappa shape index (κ1) is 23.9. The number of furan rings is 1. The van der Waals surface area contributed by atoms with Gasteiger partial charge in [-0.2, -0.15) is 0 Å². The van der Waals surface area contributed by atoms with Crippen LogP contribution in [0.25, 0.3) is 0 Å². The molecule has 2 saturated heterocycles. The molecule has 0 unspecified atom stereocenters. The summed E-state index contributed by atoms with van der Waals surface area (Å²) in [7, 11) is 0. The fourth-order valence-electron chi connectivity index (χ4n) is 3.97. The Balaban J connectivity index is 1.25. The van der Waals surface area contributed by atoms with E-state index in [4.69, 9.17) is 9.15 Å². The Morgan fingerprint density at radius 1 is 0.824 bits per heavy atom. The Morgan fingerprint density at radius 2 is 1.50 bits per heavy atom. The monoisotopic (exact) mass is 485 g/mol. The van der Waals surface area contributed by atoms with Gasteiger partial charge in [0.25, 0.3) is 11.8 Å². The number of carbonyl (C=O) groups is 4. The molecular formula is C24H27N3O6S. The van der Waals surface area contributed by atoms with E-state index in [0.29, 0.717) is 36.6 Å². The number of hydrogen-bond donors (Lipinski definition) is 0. The van der Waals surface area contributed by atoms with Gasteiger partial charge in [0.2, 0.25) is 5.91 Å². The molecule has 4 rings (SSSR count). The molecule has 3 heterocycles. The summed E-state index contributed by atoms with van der Waals surface area (Å²) in [4.78, 5) is 55.6. The van der Waals surface area contributed by atoms with E-state index < -0.39 is 5.97 Å². The Kier molecular flexibility index (Phi) is 7.89. The molecule has 0 spiro atoms. The van der Waals surface area contributed by atoms with Gasteiger partial charge in [0.05, 0.1) is 17.6 Å². The molecule has 34 heavy (non-hydrogen) atoms. The average molecular weight is 486 g/mol. The molecule has 2 aliphatic heterocycles. The highest BCUT2D eigenvalue weighted by molar-refractivity contribution is 8.00. The van der Waals surface area contributed by atoms with E-state index in [1.54, 1.807) is 46.2 Å². The lowest BCUT2D eigenvalue weighted by Gasteiger charge is -2.34. The number of likely N-dealkylation sites (tertiary alicyclic amines) is 1. The maximum atomic E-state index is 12.7. The van der Waals surface area contributed by atoms with Gasteiger partial charge in [-0.15, -0.1) is 11.8 Å². The van der Waals surface area contributed by atoms with Crippen LogP contribution in [0, 0.1) is 0 Å². The molecule has 0 saturated carbocycles. The Morgan fingerprint density at radius 3 is 2.21 bits per heavy atom. The summed E-state index contributed by atoms with van der Waals surface area (Å²) in [5.41, 5.74) is 0.336.